The van der Waals surface area contributed by atoms with Crippen LogP contribution in [0.3, 0.4) is 0 Å². The molecule has 5 heteroatoms. The van der Waals surface area contributed by atoms with Crippen molar-refractivity contribution in [3.8, 4) is 0 Å². The molecule has 63 heavy (non-hydrogen) atoms. The molecule has 0 saturated carbocycles. The summed E-state index contributed by atoms with van der Waals surface area (Å²) in [6.07, 6.45) is 11.6. The van der Waals surface area contributed by atoms with Crippen LogP contribution < -0.4 is 9.80 Å². The standard InChI is InChI=1S/C58H54N2O3/c1-7-36-62-40-50-22-32-54(33-23-50)59(56-26-12-42(3)44(5)37-56)52-28-18-46(19-29-52)14-16-48-10-9-11-49(39-48)17-15-47-20-30-53(31-21-47)60(57-27-13-43(4)45(6)38-57)55-34-24-51(25-35-55)41-63-58(61)8-2/h7-35,37-39H,1-2,36,40-41H2,3-6H3. The zero-order valence-electron chi connectivity index (χ0n) is 36.6. The van der Waals surface area contributed by atoms with Gasteiger partial charge in [-0.15, -0.1) is 6.58 Å². The van der Waals surface area contributed by atoms with Crippen molar-refractivity contribution in [1.29, 1.82) is 0 Å². The van der Waals surface area contributed by atoms with Crippen molar-refractivity contribution in [3.63, 3.8) is 0 Å². The number of carbonyl (C=O) groups excluding carboxylic acids is 1. The lowest BCUT2D eigenvalue weighted by Crippen LogP contribution is -2.10. The molecule has 0 atom stereocenters. The van der Waals surface area contributed by atoms with Gasteiger partial charge in [-0.05, 0) is 162 Å². The highest BCUT2D eigenvalue weighted by Gasteiger charge is 2.15. The maximum atomic E-state index is 11.6. The van der Waals surface area contributed by atoms with Crippen LogP contribution in [0.5, 0.6) is 0 Å². The lowest BCUT2D eigenvalue weighted by molar-refractivity contribution is -0.138. The van der Waals surface area contributed by atoms with Crippen LogP contribution in [0.2, 0.25) is 0 Å². The fraction of sp³-hybridized carbons (Fsp3) is 0.121. The molecule has 7 aromatic carbocycles. The van der Waals surface area contributed by atoms with Crippen LogP contribution in [0, 0.1) is 27.7 Å². The Bertz CT molecular complexity index is 2730. The summed E-state index contributed by atoms with van der Waals surface area (Å²) >= 11 is 0. The minimum atomic E-state index is -0.436. The van der Waals surface area contributed by atoms with Crippen LogP contribution >= 0.6 is 0 Å². The maximum absolute atomic E-state index is 11.6. The Kier molecular flexibility index (Phi) is 14.4. The minimum absolute atomic E-state index is 0.197. The number of hydrogen-bond donors (Lipinski definition) is 0. The number of carbonyl (C=O) groups is 1. The van der Waals surface area contributed by atoms with Crippen molar-refractivity contribution in [2.24, 2.45) is 0 Å². The summed E-state index contributed by atoms with van der Waals surface area (Å²) in [5.41, 5.74) is 17.9. The van der Waals surface area contributed by atoms with Gasteiger partial charge < -0.3 is 19.3 Å². The molecule has 0 aliphatic heterocycles. The molecule has 0 unspecified atom stereocenters. The van der Waals surface area contributed by atoms with E-state index >= 15 is 0 Å². The molecule has 0 aliphatic rings. The highest BCUT2D eigenvalue weighted by Crippen LogP contribution is 2.37. The molecule has 0 aliphatic carbocycles. The van der Waals surface area contributed by atoms with E-state index in [-0.39, 0.29) is 6.61 Å². The summed E-state index contributed by atoms with van der Waals surface area (Å²) in [5.74, 6) is -0.436. The molecule has 0 radical (unpaired) electrons. The Balaban J connectivity index is 1.05. The monoisotopic (exact) mass is 826 g/mol. The summed E-state index contributed by atoms with van der Waals surface area (Å²) in [5, 5.41) is 0. The average molecular weight is 827 g/mol. The van der Waals surface area contributed by atoms with E-state index in [0.29, 0.717) is 13.2 Å². The molecule has 0 amide bonds. The van der Waals surface area contributed by atoms with E-state index in [2.05, 4.69) is 221 Å². The zero-order chi connectivity index (χ0) is 44.1. The number of ether oxygens (including phenoxy) is 2. The van der Waals surface area contributed by atoms with Gasteiger partial charge in [0.25, 0.3) is 0 Å². The highest BCUT2D eigenvalue weighted by atomic mass is 16.5. The van der Waals surface area contributed by atoms with E-state index < -0.39 is 5.97 Å². The van der Waals surface area contributed by atoms with Crippen molar-refractivity contribution in [1.82, 2.24) is 0 Å². The number of benzene rings is 7. The average Bonchev–Trinajstić information content (AvgIpc) is 3.31. The molecule has 7 rings (SSSR count). The number of rotatable bonds is 17. The van der Waals surface area contributed by atoms with E-state index in [4.69, 9.17) is 9.47 Å². The van der Waals surface area contributed by atoms with E-state index in [1.165, 1.54) is 28.3 Å². The summed E-state index contributed by atoms with van der Waals surface area (Å²) in [6.45, 7) is 17.1. The quantitative estimate of drug-likeness (QED) is 0.0301. The fourth-order valence-electron chi connectivity index (χ4n) is 7.20. The van der Waals surface area contributed by atoms with Crippen molar-refractivity contribution in [3.05, 3.63) is 239 Å². The van der Waals surface area contributed by atoms with Gasteiger partial charge in [0.1, 0.15) is 6.61 Å². The Morgan fingerprint density at radius 3 is 1.27 bits per heavy atom. The number of nitrogens with zero attached hydrogens (tertiary/aromatic N) is 2. The molecule has 0 bridgehead atoms. The third kappa shape index (κ3) is 11.5. The van der Waals surface area contributed by atoms with Crippen molar-refractivity contribution < 1.29 is 14.3 Å². The second-order valence-electron chi connectivity index (χ2n) is 15.7. The number of hydrogen-bond acceptors (Lipinski definition) is 5. The van der Waals surface area contributed by atoms with Crippen LogP contribution in [-0.4, -0.2) is 12.6 Å². The van der Waals surface area contributed by atoms with Crippen LogP contribution in [0.1, 0.15) is 55.6 Å². The number of esters is 1. The lowest BCUT2D eigenvalue weighted by Gasteiger charge is -2.26. The largest absolute Gasteiger partial charge is 0.458 e. The Morgan fingerprint density at radius 1 is 0.460 bits per heavy atom. The summed E-state index contributed by atoms with van der Waals surface area (Å²) in [6, 6.07) is 55.7. The van der Waals surface area contributed by atoms with Gasteiger partial charge >= 0.3 is 5.97 Å². The summed E-state index contributed by atoms with van der Waals surface area (Å²) < 4.78 is 10.9. The van der Waals surface area contributed by atoms with Gasteiger partial charge in [-0.1, -0.05) is 116 Å². The third-order valence-electron chi connectivity index (χ3n) is 11.1. The predicted octanol–water partition coefficient (Wildman–Crippen LogP) is 15.1. The third-order valence-corrected chi connectivity index (χ3v) is 11.1. The first-order valence-electron chi connectivity index (χ1n) is 21.2. The predicted molar refractivity (Wildman–Crippen MR) is 265 cm³/mol. The lowest BCUT2D eigenvalue weighted by atomic mass is 10.1. The smallest absolute Gasteiger partial charge is 0.330 e. The van der Waals surface area contributed by atoms with Gasteiger partial charge in [0, 0.05) is 40.2 Å². The first kappa shape index (κ1) is 43.6. The molecule has 0 saturated heterocycles. The van der Waals surface area contributed by atoms with Gasteiger partial charge in [-0.2, -0.15) is 0 Å². The molecular formula is C58H54N2O3. The molecule has 314 valence electrons. The molecule has 0 aromatic heterocycles. The van der Waals surface area contributed by atoms with Crippen LogP contribution in [-0.2, 0) is 27.5 Å². The van der Waals surface area contributed by atoms with Crippen LogP contribution in [0.15, 0.2) is 183 Å². The Labute approximate surface area is 373 Å². The van der Waals surface area contributed by atoms with E-state index in [1.807, 2.05) is 12.1 Å². The van der Waals surface area contributed by atoms with Crippen molar-refractivity contribution in [2.45, 2.75) is 40.9 Å². The van der Waals surface area contributed by atoms with E-state index in [9.17, 15) is 4.79 Å². The second-order valence-corrected chi connectivity index (χ2v) is 15.7. The van der Waals surface area contributed by atoms with Gasteiger partial charge in [0.05, 0.1) is 13.2 Å². The second kappa shape index (κ2) is 20.9. The molecule has 0 heterocycles. The normalized spacial score (nSPS) is 11.2. The van der Waals surface area contributed by atoms with Crippen molar-refractivity contribution >= 4 is 64.4 Å². The number of aryl methyl sites for hydroxylation is 4. The molecule has 5 nitrogen and oxygen atoms in total. The SMILES string of the molecule is C=CCOCc1ccc(N(c2ccc(C=Cc3cccc(C=Cc4ccc(N(c5ccc(COC(=O)C=C)cc5)c5ccc(C)c(C)c5)cc4)c3)cc2)c2ccc(C)c(C)c2)cc1. The molecular weight excluding hydrogens is 773 g/mol. The molecule has 0 N–H and O–H groups in total. The maximum Gasteiger partial charge on any atom is 0.330 e. The zero-order valence-corrected chi connectivity index (χ0v) is 36.6. The summed E-state index contributed by atoms with van der Waals surface area (Å²) in [7, 11) is 0. The topological polar surface area (TPSA) is 42.0 Å². The molecule has 0 fully saturated rings. The molecule has 7 aromatic rings. The van der Waals surface area contributed by atoms with Crippen LogP contribution in [0.25, 0.3) is 24.3 Å². The minimum Gasteiger partial charge on any atom is -0.458 e. The summed E-state index contributed by atoms with van der Waals surface area (Å²) in [4.78, 5) is 16.1. The first-order chi connectivity index (χ1) is 30.7. The van der Waals surface area contributed by atoms with E-state index in [1.54, 1.807) is 6.08 Å². The van der Waals surface area contributed by atoms with Gasteiger partial charge in [-0.3, -0.25) is 0 Å². The van der Waals surface area contributed by atoms with E-state index in [0.717, 1.165) is 67.5 Å². The van der Waals surface area contributed by atoms with Gasteiger partial charge in [0.2, 0.25) is 0 Å². The fourth-order valence-corrected chi connectivity index (χ4v) is 7.20. The first-order valence-corrected chi connectivity index (χ1v) is 21.2. The van der Waals surface area contributed by atoms with Crippen molar-refractivity contribution in [2.75, 3.05) is 16.4 Å². The van der Waals surface area contributed by atoms with Crippen LogP contribution in [0.4, 0.5) is 34.1 Å². The highest BCUT2D eigenvalue weighted by molar-refractivity contribution is 5.82. The number of anilines is 6. The molecule has 0 spiro atoms. The Hall–Kier alpha value is -7.47. The van der Waals surface area contributed by atoms with Gasteiger partial charge in [0.15, 0.2) is 0 Å². The Morgan fingerprint density at radius 2 is 0.857 bits per heavy atom. The van der Waals surface area contributed by atoms with Gasteiger partial charge in [-0.25, -0.2) is 4.79 Å².